The maximum Gasteiger partial charge on any atom is 0.251 e. The van der Waals surface area contributed by atoms with Crippen LogP contribution in [0.5, 0.6) is 5.75 Å². The Morgan fingerprint density at radius 3 is 2.48 bits per heavy atom. The number of rotatable bonds is 7. The summed E-state index contributed by atoms with van der Waals surface area (Å²) in [7, 11) is -2.11. The number of fused-ring (bicyclic) bond motifs is 1. The molecule has 6 nitrogen and oxygen atoms in total. The first-order chi connectivity index (χ1) is 14.0. The molecule has 0 atom stereocenters. The fourth-order valence-electron chi connectivity index (χ4n) is 2.97. The van der Waals surface area contributed by atoms with Crippen LogP contribution in [0.25, 0.3) is 10.8 Å². The highest BCUT2D eigenvalue weighted by molar-refractivity contribution is 7.89. The number of sulfonamides is 1. The highest BCUT2D eigenvalue weighted by atomic mass is 32.2. The molecule has 1 amide bonds. The topological polar surface area (TPSA) is 84.5 Å². The largest absolute Gasteiger partial charge is 0.496 e. The molecule has 0 aliphatic rings. The predicted molar refractivity (Wildman–Crippen MR) is 112 cm³/mol. The summed E-state index contributed by atoms with van der Waals surface area (Å²) in [5.74, 6) is 2.58. The normalized spacial score (nSPS) is 11.0. The van der Waals surface area contributed by atoms with E-state index in [4.69, 9.17) is 11.2 Å². The number of benzene rings is 3. The maximum absolute atomic E-state index is 12.5. The van der Waals surface area contributed by atoms with Crippen LogP contribution < -0.4 is 14.8 Å². The van der Waals surface area contributed by atoms with Gasteiger partial charge in [-0.3, -0.25) is 4.79 Å². The van der Waals surface area contributed by atoms with E-state index >= 15 is 0 Å². The number of terminal acetylenes is 1. The molecule has 0 radical (unpaired) electrons. The lowest BCUT2D eigenvalue weighted by Gasteiger charge is -2.13. The van der Waals surface area contributed by atoms with Gasteiger partial charge in [-0.2, -0.15) is 4.72 Å². The van der Waals surface area contributed by atoms with Crippen LogP contribution in [0, 0.1) is 12.3 Å². The summed E-state index contributed by atoms with van der Waals surface area (Å²) in [5.41, 5.74) is 1.22. The summed E-state index contributed by atoms with van der Waals surface area (Å²) in [6.45, 7) is 0.171. The zero-order valence-electron chi connectivity index (χ0n) is 15.8. The van der Waals surface area contributed by atoms with Crippen molar-refractivity contribution in [2.75, 3.05) is 13.7 Å². The van der Waals surface area contributed by atoms with Crippen molar-refractivity contribution >= 4 is 26.7 Å². The molecule has 0 aromatic heterocycles. The summed E-state index contributed by atoms with van der Waals surface area (Å²) in [4.78, 5) is 12.6. The summed E-state index contributed by atoms with van der Waals surface area (Å²) >= 11 is 0. The highest BCUT2D eigenvalue weighted by Crippen LogP contribution is 2.27. The van der Waals surface area contributed by atoms with Gasteiger partial charge < -0.3 is 10.1 Å². The van der Waals surface area contributed by atoms with Gasteiger partial charge in [-0.05, 0) is 41.1 Å². The van der Waals surface area contributed by atoms with Crippen molar-refractivity contribution in [1.82, 2.24) is 10.0 Å². The second kappa shape index (κ2) is 8.78. The molecular formula is C22H20N2O4S. The van der Waals surface area contributed by atoms with Crippen molar-refractivity contribution in [2.24, 2.45) is 0 Å². The minimum atomic E-state index is -3.69. The maximum atomic E-state index is 12.5. The van der Waals surface area contributed by atoms with E-state index in [1.165, 1.54) is 24.3 Å². The number of amides is 1. The molecule has 0 saturated carbocycles. The van der Waals surface area contributed by atoms with Crippen molar-refractivity contribution in [1.29, 1.82) is 0 Å². The fraction of sp³-hybridized carbons (Fsp3) is 0.136. The van der Waals surface area contributed by atoms with Gasteiger partial charge in [0.25, 0.3) is 5.91 Å². The zero-order chi connectivity index (χ0) is 20.9. The van der Waals surface area contributed by atoms with Crippen molar-refractivity contribution in [3.63, 3.8) is 0 Å². The minimum absolute atomic E-state index is 0.0417. The van der Waals surface area contributed by atoms with E-state index in [1.807, 2.05) is 36.4 Å². The van der Waals surface area contributed by atoms with Gasteiger partial charge in [-0.1, -0.05) is 36.3 Å². The number of nitrogens with one attached hydrogen (secondary N) is 2. The van der Waals surface area contributed by atoms with Crippen molar-refractivity contribution in [3.8, 4) is 18.1 Å². The summed E-state index contributed by atoms with van der Waals surface area (Å²) < 4.78 is 31.8. The SMILES string of the molecule is C#CCNS(=O)(=O)c1ccc(C(=O)NCc2c(OC)ccc3ccccc23)cc1. The molecule has 29 heavy (non-hydrogen) atoms. The van der Waals surface area contributed by atoms with Crippen molar-refractivity contribution < 1.29 is 17.9 Å². The lowest BCUT2D eigenvalue weighted by atomic mass is 10.0. The van der Waals surface area contributed by atoms with E-state index in [0.29, 0.717) is 11.3 Å². The van der Waals surface area contributed by atoms with Crippen LogP contribution in [0.15, 0.2) is 65.6 Å². The quantitative estimate of drug-likeness (QED) is 0.589. The van der Waals surface area contributed by atoms with Gasteiger partial charge in [0.2, 0.25) is 10.0 Å². The Balaban J connectivity index is 1.77. The fourth-order valence-corrected chi connectivity index (χ4v) is 3.90. The highest BCUT2D eigenvalue weighted by Gasteiger charge is 2.15. The first-order valence-corrected chi connectivity index (χ1v) is 10.3. The smallest absolute Gasteiger partial charge is 0.251 e. The molecule has 148 valence electrons. The van der Waals surface area contributed by atoms with Crippen LogP contribution in [0.3, 0.4) is 0 Å². The van der Waals surface area contributed by atoms with E-state index in [-0.39, 0.29) is 23.9 Å². The summed E-state index contributed by atoms with van der Waals surface area (Å²) in [5, 5.41) is 4.91. The van der Waals surface area contributed by atoms with Gasteiger partial charge in [0.1, 0.15) is 5.75 Å². The van der Waals surface area contributed by atoms with E-state index in [9.17, 15) is 13.2 Å². The number of hydrogen-bond donors (Lipinski definition) is 2. The first-order valence-electron chi connectivity index (χ1n) is 8.82. The van der Waals surface area contributed by atoms with E-state index in [0.717, 1.165) is 16.3 Å². The molecule has 3 rings (SSSR count). The Kier molecular flexibility index (Phi) is 6.17. The number of ether oxygens (including phenoxy) is 1. The lowest BCUT2D eigenvalue weighted by Crippen LogP contribution is -2.25. The summed E-state index contributed by atoms with van der Waals surface area (Å²) in [6, 6.07) is 17.3. The van der Waals surface area contributed by atoms with Gasteiger partial charge in [-0.15, -0.1) is 6.42 Å². The molecule has 0 aliphatic heterocycles. The van der Waals surface area contributed by atoms with Crippen LogP contribution in [-0.4, -0.2) is 28.0 Å². The standard InChI is InChI=1S/C22H20N2O4S/c1-3-14-24-29(26,27)18-11-8-17(9-12-18)22(25)23-15-20-19-7-5-4-6-16(19)10-13-21(20)28-2/h1,4-13,24H,14-15H2,2H3,(H,23,25). The van der Waals surface area contributed by atoms with Crippen molar-refractivity contribution in [2.45, 2.75) is 11.4 Å². The average molecular weight is 408 g/mol. The molecule has 0 spiro atoms. The van der Waals surface area contributed by atoms with Gasteiger partial charge in [-0.25, -0.2) is 8.42 Å². The molecule has 2 N–H and O–H groups in total. The van der Waals surface area contributed by atoms with E-state index in [1.54, 1.807) is 7.11 Å². The third-order valence-corrected chi connectivity index (χ3v) is 5.85. The molecule has 3 aromatic carbocycles. The Morgan fingerprint density at radius 2 is 1.79 bits per heavy atom. The van der Waals surface area contributed by atoms with Gasteiger partial charge in [0, 0.05) is 17.7 Å². The van der Waals surface area contributed by atoms with E-state index < -0.39 is 10.0 Å². The Labute approximate surface area is 169 Å². The second-order valence-electron chi connectivity index (χ2n) is 6.20. The third kappa shape index (κ3) is 4.57. The van der Waals surface area contributed by atoms with Crippen LogP contribution in [0.2, 0.25) is 0 Å². The van der Waals surface area contributed by atoms with Crippen LogP contribution >= 0.6 is 0 Å². The van der Waals surface area contributed by atoms with Crippen molar-refractivity contribution in [3.05, 3.63) is 71.8 Å². The number of carbonyl (C=O) groups excluding carboxylic acids is 1. The minimum Gasteiger partial charge on any atom is -0.496 e. The third-order valence-electron chi connectivity index (χ3n) is 4.43. The molecule has 0 aliphatic carbocycles. The molecular weight excluding hydrogens is 388 g/mol. The van der Waals surface area contributed by atoms with Gasteiger partial charge in [0.05, 0.1) is 18.6 Å². The number of hydrogen-bond acceptors (Lipinski definition) is 4. The van der Waals surface area contributed by atoms with Crippen LogP contribution in [0.1, 0.15) is 15.9 Å². The molecule has 0 saturated heterocycles. The molecule has 0 bridgehead atoms. The molecule has 0 fully saturated rings. The Hall–Kier alpha value is -3.34. The first kappa shape index (κ1) is 20.4. The van der Waals surface area contributed by atoms with Crippen LogP contribution in [-0.2, 0) is 16.6 Å². The predicted octanol–water partition coefficient (Wildman–Crippen LogP) is 2.69. The van der Waals surface area contributed by atoms with Gasteiger partial charge >= 0.3 is 0 Å². The van der Waals surface area contributed by atoms with E-state index in [2.05, 4.69) is 16.0 Å². The zero-order valence-corrected chi connectivity index (χ0v) is 16.6. The summed E-state index contributed by atoms with van der Waals surface area (Å²) in [6.07, 6.45) is 5.08. The lowest BCUT2D eigenvalue weighted by molar-refractivity contribution is 0.0950. The number of carbonyl (C=O) groups is 1. The van der Waals surface area contributed by atoms with Gasteiger partial charge in [0.15, 0.2) is 0 Å². The Bertz CT molecular complexity index is 1180. The molecule has 3 aromatic rings. The molecule has 7 heteroatoms. The Morgan fingerprint density at radius 1 is 1.07 bits per heavy atom. The second-order valence-corrected chi connectivity index (χ2v) is 7.97. The average Bonchev–Trinajstić information content (AvgIpc) is 2.75. The number of methoxy groups -OCH3 is 1. The molecule has 0 heterocycles. The monoisotopic (exact) mass is 408 g/mol. The van der Waals surface area contributed by atoms with Crippen LogP contribution in [0.4, 0.5) is 0 Å². The molecule has 0 unspecified atom stereocenters.